The number of thiazole rings is 1. The van der Waals surface area contributed by atoms with Crippen LogP contribution in [0.5, 0.6) is 0 Å². The fourth-order valence-electron chi connectivity index (χ4n) is 2.76. The third-order valence-electron chi connectivity index (χ3n) is 3.93. The highest BCUT2D eigenvalue weighted by atomic mass is 32.2. The summed E-state index contributed by atoms with van der Waals surface area (Å²) in [6.07, 6.45) is 2.37. The van der Waals surface area contributed by atoms with E-state index < -0.39 is 16.1 Å². The maximum Gasteiger partial charge on any atom is 0.263 e. The summed E-state index contributed by atoms with van der Waals surface area (Å²) in [4.78, 5) is 4.73. The lowest BCUT2D eigenvalue weighted by Crippen LogP contribution is -2.40. The molecule has 2 unspecified atom stereocenters. The lowest BCUT2D eigenvalue weighted by atomic mass is 10.0. The van der Waals surface area contributed by atoms with E-state index in [2.05, 4.69) is 10.4 Å². The first-order valence-corrected chi connectivity index (χ1v) is 8.87. The van der Waals surface area contributed by atoms with Crippen LogP contribution in [0.3, 0.4) is 0 Å². The number of anilines is 1. The molecule has 2 atom stereocenters. The number of hydrazine groups is 1. The SMILES string of the molecule is CC1CCN(S(=O)(=O)c2c(NN)nc3sccn23)C1CO. The van der Waals surface area contributed by atoms with Gasteiger partial charge in [-0.05, 0) is 12.3 Å². The predicted octanol–water partition coefficient (Wildman–Crippen LogP) is 0.0728. The van der Waals surface area contributed by atoms with Crippen LogP contribution in [0.2, 0.25) is 0 Å². The zero-order chi connectivity index (χ0) is 15.2. The second-order valence-corrected chi connectivity index (χ2v) is 7.78. The van der Waals surface area contributed by atoms with Gasteiger partial charge in [0.2, 0.25) is 5.03 Å². The minimum atomic E-state index is -3.79. The van der Waals surface area contributed by atoms with Gasteiger partial charge in [-0.3, -0.25) is 4.40 Å². The highest BCUT2D eigenvalue weighted by Gasteiger charge is 2.42. The van der Waals surface area contributed by atoms with E-state index >= 15 is 0 Å². The van der Waals surface area contributed by atoms with E-state index in [4.69, 9.17) is 5.84 Å². The van der Waals surface area contributed by atoms with Crippen molar-refractivity contribution in [1.29, 1.82) is 0 Å². The lowest BCUT2D eigenvalue weighted by Gasteiger charge is -2.24. The van der Waals surface area contributed by atoms with Crippen molar-refractivity contribution in [2.45, 2.75) is 24.4 Å². The van der Waals surface area contributed by atoms with Crippen LogP contribution < -0.4 is 11.3 Å². The van der Waals surface area contributed by atoms with E-state index in [0.29, 0.717) is 11.5 Å². The molecule has 3 rings (SSSR count). The fourth-order valence-corrected chi connectivity index (χ4v) is 5.47. The lowest BCUT2D eigenvalue weighted by molar-refractivity contribution is 0.191. The van der Waals surface area contributed by atoms with Crippen LogP contribution in [0.1, 0.15) is 13.3 Å². The fraction of sp³-hybridized carbons (Fsp3) is 0.545. The molecule has 21 heavy (non-hydrogen) atoms. The molecular formula is C11H17N5O3S2. The van der Waals surface area contributed by atoms with Gasteiger partial charge in [0.25, 0.3) is 10.0 Å². The Balaban J connectivity index is 2.14. The number of nitrogens with zero attached hydrogens (tertiary/aromatic N) is 3. The molecule has 0 spiro atoms. The van der Waals surface area contributed by atoms with E-state index in [1.807, 2.05) is 6.92 Å². The summed E-state index contributed by atoms with van der Waals surface area (Å²) in [7, 11) is -3.79. The minimum Gasteiger partial charge on any atom is -0.395 e. The average molecular weight is 331 g/mol. The Bertz CT molecular complexity index is 753. The summed E-state index contributed by atoms with van der Waals surface area (Å²) in [5, 5.41) is 11.3. The number of aromatic nitrogens is 2. The van der Waals surface area contributed by atoms with Crippen molar-refractivity contribution >= 4 is 32.1 Å². The first kappa shape index (κ1) is 14.7. The first-order chi connectivity index (χ1) is 10.0. The molecule has 0 aliphatic carbocycles. The normalized spacial score (nSPS) is 24.0. The molecule has 3 heterocycles. The van der Waals surface area contributed by atoms with Gasteiger partial charge in [0.05, 0.1) is 12.6 Å². The number of aliphatic hydroxyl groups excluding tert-OH is 1. The Labute approximate surface area is 126 Å². The molecule has 2 aromatic heterocycles. The van der Waals surface area contributed by atoms with Gasteiger partial charge in [-0.2, -0.15) is 9.29 Å². The maximum atomic E-state index is 13.0. The molecule has 4 N–H and O–H groups in total. The van der Waals surface area contributed by atoms with Gasteiger partial charge in [-0.15, -0.1) is 11.3 Å². The van der Waals surface area contributed by atoms with Crippen molar-refractivity contribution in [3.8, 4) is 0 Å². The van der Waals surface area contributed by atoms with Gasteiger partial charge >= 0.3 is 0 Å². The molecule has 0 aromatic carbocycles. The number of hydrogen-bond donors (Lipinski definition) is 3. The molecule has 0 saturated carbocycles. The molecule has 10 heteroatoms. The Morgan fingerprint density at radius 1 is 1.62 bits per heavy atom. The van der Waals surface area contributed by atoms with Crippen molar-refractivity contribution in [2.75, 3.05) is 18.6 Å². The second-order valence-electron chi connectivity index (χ2n) is 5.10. The summed E-state index contributed by atoms with van der Waals surface area (Å²) in [5.41, 5.74) is 2.35. The monoisotopic (exact) mass is 331 g/mol. The molecule has 1 fully saturated rings. The number of sulfonamides is 1. The standard InChI is InChI=1S/C11H17N5O3S2/c1-7-2-3-16(8(7)6-17)21(18,19)10-9(14-12)13-11-15(10)4-5-20-11/h4-5,7-8,14,17H,2-3,6,12H2,1H3. The smallest absolute Gasteiger partial charge is 0.263 e. The summed E-state index contributed by atoms with van der Waals surface area (Å²) in [6, 6.07) is -0.412. The molecule has 0 amide bonds. The quantitative estimate of drug-likeness (QED) is 0.540. The Morgan fingerprint density at radius 2 is 2.38 bits per heavy atom. The van der Waals surface area contributed by atoms with Crippen molar-refractivity contribution < 1.29 is 13.5 Å². The predicted molar refractivity (Wildman–Crippen MR) is 79.4 cm³/mol. The maximum absolute atomic E-state index is 13.0. The van der Waals surface area contributed by atoms with Crippen LogP contribution in [0, 0.1) is 5.92 Å². The van der Waals surface area contributed by atoms with Crippen molar-refractivity contribution in [1.82, 2.24) is 13.7 Å². The molecule has 2 aromatic rings. The molecule has 0 bridgehead atoms. The number of hydrogen-bond acceptors (Lipinski definition) is 7. The number of fused-ring (bicyclic) bond motifs is 1. The van der Waals surface area contributed by atoms with Crippen LogP contribution in [0.15, 0.2) is 16.6 Å². The number of nitrogens with two attached hydrogens (primary N) is 1. The topological polar surface area (TPSA) is 113 Å². The largest absolute Gasteiger partial charge is 0.395 e. The number of aliphatic hydroxyl groups is 1. The van der Waals surface area contributed by atoms with E-state index in [1.165, 1.54) is 20.0 Å². The van der Waals surface area contributed by atoms with Gasteiger partial charge in [0, 0.05) is 18.1 Å². The van der Waals surface area contributed by atoms with Crippen LogP contribution in [-0.4, -0.2) is 46.4 Å². The summed E-state index contributed by atoms with van der Waals surface area (Å²) in [5.74, 6) is 5.65. The highest BCUT2D eigenvalue weighted by Crippen LogP contribution is 2.33. The van der Waals surface area contributed by atoms with E-state index in [1.54, 1.807) is 11.6 Å². The van der Waals surface area contributed by atoms with Gasteiger partial charge < -0.3 is 10.5 Å². The van der Waals surface area contributed by atoms with Gasteiger partial charge in [-0.25, -0.2) is 14.3 Å². The minimum absolute atomic E-state index is 0.0220. The van der Waals surface area contributed by atoms with Crippen LogP contribution in [0.4, 0.5) is 5.82 Å². The first-order valence-electron chi connectivity index (χ1n) is 6.55. The van der Waals surface area contributed by atoms with Crippen molar-refractivity contribution in [3.05, 3.63) is 11.6 Å². The molecule has 1 aliphatic heterocycles. The average Bonchev–Trinajstić information content (AvgIpc) is 3.10. The highest BCUT2D eigenvalue weighted by molar-refractivity contribution is 7.89. The van der Waals surface area contributed by atoms with Crippen molar-refractivity contribution in [2.24, 2.45) is 11.8 Å². The van der Waals surface area contributed by atoms with Crippen LogP contribution >= 0.6 is 11.3 Å². The molecule has 116 valence electrons. The summed E-state index contributed by atoms with van der Waals surface area (Å²) in [6.45, 7) is 2.13. The van der Waals surface area contributed by atoms with E-state index in [-0.39, 0.29) is 23.4 Å². The molecular weight excluding hydrogens is 314 g/mol. The number of rotatable bonds is 4. The molecule has 0 radical (unpaired) electrons. The Morgan fingerprint density at radius 3 is 3.05 bits per heavy atom. The molecule has 1 aliphatic rings. The Hall–Kier alpha value is -1.20. The zero-order valence-corrected chi connectivity index (χ0v) is 13.1. The zero-order valence-electron chi connectivity index (χ0n) is 11.4. The summed E-state index contributed by atoms with van der Waals surface area (Å²) >= 11 is 1.33. The van der Waals surface area contributed by atoms with Gasteiger partial charge in [-0.1, -0.05) is 6.92 Å². The third-order valence-corrected chi connectivity index (χ3v) is 6.63. The number of nitrogens with one attached hydrogen (secondary N) is 1. The third kappa shape index (κ3) is 2.14. The summed E-state index contributed by atoms with van der Waals surface area (Å²) < 4.78 is 28.8. The van der Waals surface area contributed by atoms with Gasteiger partial charge in [0.15, 0.2) is 10.8 Å². The van der Waals surface area contributed by atoms with E-state index in [0.717, 1.165) is 6.42 Å². The van der Waals surface area contributed by atoms with Crippen LogP contribution in [0.25, 0.3) is 4.96 Å². The van der Waals surface area contributed by atoms with Gasteiger partial charge in [0.1, 0.15) is 0 Å². The Kier molecular flexibility index (Phi) is 3.66. The second kappa shape index (κ2) is 5.21. The number of imidazole rings is 1. The molecule has 1 saturated heterocycles. The van der Waals surface area contributed by atoms with Crippen molar-refractivity contribution in [3.63, 3.8) is 0 Å². The van der Waals surface area contributed by atoms with Crippen LogP contribution in [-0.2, 0) is 10.0 Å². The van der Waals surface area contributed by atoms with E-state index in [9.17, 15) is 13.5 Å². The number of nitrogen functional groups attached to an aromatic ring is 1. The molecule has 8 nitrogen and oxygen atoms in total.